The summed E-state index contributed by atoms with van der Waals surface area (Å²) in [6.45, 7) is 3.18. The summed E-state index contributed by atoms with van der Waals surface area (Å²) in [5.41, 5.74) is 0.926. The van der Waals surface area contributed by atoms with Crippen LogP contribution >= 0.6 is 11.8 Å². The van der Waals surface area contributed by atoms with Crippen molar-refractivity contribution < 1.29 is 28.1 Å². The molecular weight excluding hydrogens is 520 g/mol. The number of ketones is 1. The van der Waals surface area contributed by atoms with Gasteiger partial charge in [-0.3, -0.25) is 24.1 Å². The molecule has 0 radical (unpaired) electrons. The quantitative estimate of drug-likeness (QED) is 0.328. The van der Waals surface area contributed by atoms with Crippen molar-refractivity contribution in [2.75, 3.05) is 21.7 Å². The smallest absolute Gasteiger partial charge is 0.251 e. The second-order valence-corrected chi connectivity index (χ2v) is 10.5. The number of aryl methyl sites for hydroxylation is 1. The number of furan rings is 1. The van der Waals surface area contributed by atoms with Crippen LogP contribution in [0.5, 0.6) is 0 Å². The molecule has 1 saturated carbocycles. The van der Waals surface area contributed by atoms with Crippen LogP contribution in [0.3, 0.4) is 0 Å². The molecule has 0 bridgehead atoms. The van der Waals surface area contributed by atoms with Gasteiger partial charge in [0.1, 0.15) is 11.5 Å². The van der Waals surface area contributed by atoms with Crippen molar-refractivity contribution in [2.45, 2.75) is 58.0 Å². The summed E-state index contributed by atoms with van der Waals surface area (Å²) in [6.07, 6.45) is 6.45. The van der Waals surface area contributed by atoms with E-state index in [1.54, 1.807) is 49.4 Å². The fourth-order valence-electron chi connectivity index (χ4n) is 4.55. The highest BCUT2D eigenvalue weighted by Gasteiger charge is 2.36. The average molecular weight is 553 g/mol. The molecule has 2 aromatic heterocycles. The fourth-order valence-corrected chi connectivity index (χ4v) is 5.22. The third-order valence-electron chi connectivity index (χ3n) is 6.45. The molecule has 1 atom stereocenters. The highest BCUT2D eigenvalue weighted by atomic mass is 32.2. The summed E-state index contributed by atoms with van der Waals surface area (Å²) in [5.74, 6) is -0.0783. The van der Waals surface area contributed by atoms with Gasteiger partial charge in [0.2, 0.25) is 11.8 Å². The number of thioether (sulfide) groups is 1. The Morgan fingerprint density at radius 2 is 1.82 bits per heavy atom. The van der Waals surface area contributed by atoms with Crippen LogP contribution in [-0.4, -0.2) is 46.2 Å². The minimum atomic E-state index is -1.06. The summed E-state index contributed by atoms with van der Waals surface area (Å²) >= 11 is 1.11. The maximum atomic E-state index is 13.7. The molecule has 0 aliphatic heterocycles. The lowest BCUT2D eigenvalue weighted by atomic mass is 9.95. The van der Waals surface area contributed by atoms with Crippen molar-refractivity contribution in [3.63, 3.8) is 0 Å². The lowest BCUT2D eigenvalue weighted by Gasteiger charge is -2.32. The number of nitrogens with zero attached hydrogens (tertiary/aromatic N) is 2. The molecule has 1 aliphatic rings. The monoisotopic (exact) mass is 552 g/mol. The summed E-state index contributed by atoms with van der Waals surface area (Å²) in [5, 5.41) is 9.47. The van der Waals surface area contributed by atoms with Crippen LogP contribution in [0.1, 0.15) is 66.9 Å². The number of rotatable bonds is 11. The average Bonchev–Trinajstić information content (AvgIpc) is 3.59. The van der Waals surface area contributed by atoms with Gasteiger partial charge in [0.15, 0.2) is 17.6 Å². The Bertz CT molecular complexity index is 1280. The van der Waals surface area contributed by atoms with Crippen LogP contribution in [0.25, 0.3) is 0 Å². The number of hydrogen-bond acceptors (Lipinski definition) is 8. The van der Waals surface area contributed by atoms with Gasteiger partial charge in [-0.1, -0.05) is 24.4 Å². The van der Waals surface area contributed by atoms with Crippen molar-refractivity contribution in [3.05, 3.63) is 65.8 Å². The Hall–Kier alpha value is -3.86. The van der Waals surface area contributed by atoms with E-state index in [9.17, 15) is 19.2 Å². The van der Waals surface area contributed by atoms with Crippen molar-refractivity contribution >= 4 is 46.8 Å². The van der Waals surface area contributed by atoms with E-state index in [1.807, 2.05) is 0 Å². The molecule has 3 amide bonds. The van der Waals surface area contributed by atoms with E-state index >= 15 is 0 Å². The molecule has 1 fully saturated rings. The minimum absolute atomic E-state index is 0.00550. The lowest BCUT2D eigenvalue weighted by Crippen LogP contribution is -2.47. The van der Waals surface area contributed by atoms with Crippen LogP contribution in [0, 0.1) is 6.92 Å². The molecule has 39 heavy (non-hydrogen) atoms. The highest BCUT2D eigenvalue weighted by Crippen LogP contribution is 2.30. The van der Waals surface area contributed by atoms with E-state index in [0.717, 1.165) is 43.9 Å². The van der Waals surface area contributed by atoms with E-state index in [2.05, 4.69) is 15.8 Å². The number of hydrogen-bond donors (Lipinski definition) is 2. The highest BCUT2D eigenvalue weighted by molar-refractivity contribution is 8.00. The van der Waals surface area contributed by atoms with Crippen LogP contribution in [-0.2, 0) is 14.4 Å². The van der Waals surface area contributed by atoms with Crippen LogP contribution in [0.2, 0.25) is 0 Å². The zero-order chi connectivity index (χ0) is 27.8. The third kappa shape index (κ3) is 7.60. The Kier molecular flexibility index (Phi) is 9.59. The molecule has 11 heteroatoms. The number of aromatic nitrogens is 1. The molecule has 1 aliphatic carbocycles. The number of nitrogens with one attached hydrogen (secondary N) is 2. The standard InChI is InChI=1S/C28H32N4O6S/c1-18-15-24(31-38-18)30-25(34)16-39-17-26(35)32(22-12-10-20(11-13-22)19(2)33)27(23-9-6-14-37-23)28(36)29-21-7-4-3-5-8-21/h6,9-15,21,27H,3-5,7-8,16-17H2,1-2H3,(H,29,36)(H,30,31,34)/t27-/m0/s1. The van der Waals surface area contributed by atoms with Gasteiger partial charge in [-0.05, 0) is 63.1 Å². The zero-order valence-electron chi connectivity index (χ0n) is 22.0. The van der Waals surface area contributed by atoms with Crippen LogP contribution in [0.4, 0.5) is 11.5 Å². The van der Waals surface area contributed by atoms with E-state index in [4.69, 9.17) is 8.94 Å². The number of Topliss-reactive ketones (excluding diaryl/α,β-unsaturated/α-hetero) is 1. The maximum Gasteiger partial charge on any atom is 0.251 e. The first-order valence-corrected chi connectivity index (χ1v) is 14.0. The van der Waals surface area contributed by atoms with Crippen molar-refractivity contribution in [2.24, 2.45) is 0 Å². The van der Waals surface area contributed by atoms with E-state index in [-0.39, 0.29) is 41.1 Å². The largest absolute Gasteiger partial charge is 0.467 e. The van der Waals surface area contributed by atoms with Crippen molar-refractivity contribution in [1.82, 2.24) is 10.5 Å². The molecule has 2 N–H and O–H groups in total. The lowest BCUT2D eigenvalue weighted by molar-refractivity contribution is -0.127. The van der Waals surface area contributed by atoms with Crippen molar-refractivity contribution in [3.8, 4) is 0 Å². The first-order valence-electron chi connectivity index (χ1n) is 12.9. The van der Waals surface area contributed by atoms with Crippen LogP contribution < -0.4 is 15.5 Å². The Balaban J connectivity index is 1.55. The van der Waals surface area contributed by atoms with Crippen molar-refractivity contribution in [1.29, 1.82) is 0 Å². The molecule has 2 heterocycles. The SMILES string of the molecule is CC(=O)c1ccc(N(C(=O)CSCC(=O)Nc2cc(C)on2)[C@H](C(=O)NC2CCCCC2)c2ccco2)cc1. The van der Waals surface area contributed by atoms with E-state index in [1.165, 1.54) is 18.1 Å². The predicted molar refractivity (Wildman–Crippen MR) is 148 cm³/mol. The van der Waals surface area contributed by atoms with Gasteiger partial charge in [-0.2, -0.15) is 0 Å². The molecular formula is C28H32N4O6S. The molecule has 206 valence electrons. The van der Waals surface area contributed by atoms with Gasteiger partial charge in [0, 0.05) is 23.4 Å². The molecule has 3 aromatic rings. The number of carbonyl (C=O) groups is 4. The molecule has 4 rings (SSSR count). The van der Waals surface area contributed by atoms with Gasteiger partial charge in [-0.25, -0.2) is 0 Å². The first-order chi connectivity index (χ1) is 18.8. The maximum absolute atomic E-state index is 13.7. The normalized spacial score (nSPS) is 14.4. The predicted octanol–water partition coefficient (Wildman–Crippen LogP) is 4.67. The van der Waals surface area contributed by atoms with E-state index in [0.29, 0.717) is 28.6 Å². The topological polar surface area (TPSA) is 135 Å². The molecule has 1 aromatic carbocycles. The van der Waals surface area contributed by atoms with E-state index < -0.39 is 6.04 Å². The number of carbonyl (C=O) groups excluding carboxylic acids is 4. The number of amides is 3. The summed E-state index contributed by atoms with van der Waals surface area (Å²) in [6, 6.07) is 10.4. The molecule has 0 unspecified atom stereocenters. The second-order valence-electron chi connectivity index (χ2n) is 9.49. The summed E-state index contributed by atoms with van der Waals surface area (Å²) in [7, 11) is 0. The van der Waals surface area contributed by atoms with Gasteiger partial charge < -0.3 is 19.6 Å². The Morgan fingerprint density at radius 3 is 2.44 bits per heavy atom. The second kappa shape index (κ2) is 13.3. The first kappa shape index (κ1) is 28.2. The van der Waals surface area contributed by atoms with Gasteiger partial charge in [0.05, 0.1) is 17.8 Å². The zero-order valence-corrected chi connectivity index (χ0v) is 22.8. The van der Waals surface area contributed by atoms with Crippen LogP contribution in [0.15, 0.2) is 57.7 Å². The Morgan fingerprint density at radius 1 is 1.08 bits per heavy atom. The minimum Gasteiger partial charge on any atom is -0.467 e. The Labute approximate surface area is 230 Å². The number of benzene rings is 1. The van der Waals surface area contributed by atoms with Gasteiger partial charge in [-0.15, -0.1) is 11.8 Å². The fraction of sp³-hybridized carbons (Fsp3) is 0.393. The van der Waals surface area contributed by atoms with Gasteiger partial charge >= 0.3 is 0 Å². The van der Waals surface area contributed by atoms with Gasteiger partial charge in [0.25, 0.3) is 5.91 Å². The number of anilines is 2. The molecule has 0 saturated heterocycles. The summed E-state index contributed by atoms with van der Waals surface area (Å²) < 4.78 is 10.6. The molecule has 10 nitrogen and oxygen atoms in total. The summed E-state index contributed by atoms with van der Waals surface area (Å²) in [4.78, 5) is 52.9. The third-order valence-corrected chi connectivity index (χ3v) is 7.36. The molecule has 0 spiro atoms.